The van der Waals surface area contributed by atoms with Gasteiger partial charge in [0, 0.05) is 30.8 Å². The number of benzene rings is 2. The molecule has 0 aliphatic carbocycles. The van der Waals surface area contributed by atoms with Crippen molar-refractivity contribution in [2.24, 2.45) is 5.92 Å². The van der Waals surface area contributed by atoms with Crippen molar-refractivity contribution in [2.45, 2.75) is 12.8 Å². The molecule has 0 atom stereocenters. The van der Waals surface area contributed by atoms with Gasteiger partial charge >= 0.3 is 0 Å². The summed E-state index contributed by atoms with van der Waals surface area (Å²) in [6.07, 6.45) is 1.50. The monoisotopic (exact) mass is 413 g/mol. The third-order valence-electron chi connectivity index (χ3n) is 5.29. The van der Waals surface area contributed by atoms with E-state index >= 15 is 0 Å². The number of anilines is 2. The number of fused-ring (bicyclic) bond motifs is 2. The first kappa shape index (κ1) is 18.2. The Bertz CT molecular complexity index is 1060. The van der Waals surface area contributed by atoms with Crippen molar-refractivity contribution in [1.29, 1.82) is 0 Å². The Morgan fingerprint density at radius 1 is 1.10 bits per heavy atom. The van der Waals surface area contributed by atoms with Gasteiger partial charge in [-0.2, -0.15) is 0 Å². The van der Waals surface area contributed by atoms with E-state index in [4.69, 9.17) is 9.47 Å². The van der Waals surface area contributed by atoms with E-state index in [0.29, 0.717) is 24.7 Å². The molecule has 0 spiro atoms. The maximum Gasteiger partial charge on any atom is 0.227 e. The van der Waals surface area contributed by atoms with Gasteiger partial charge in [0.25, 0.3) is 0 Å². The van der Waals surface area contributed by atoms with Crippen LogP contribution in [0, 0.1) is 11.7 Å². The van der Waals surface area contributed by atoms with Gasteiger partial charge < -0.3 is 19.7 Å². The van der Waals surface area contributed by atoms with Crippen LogP contribution in [0.15, 0.2) is 36.4 Å². The van der Waals surface area contributed by atoms with Crippen LogP contribution in [-0.4, -0.2) is 37.2 Å². The zero-order chi connectivity index (χ0) is 19.8. The molecule has 29 heavy (non-hydrogen) atoms. The number of carbonyl (C=O) groups excluding carboxylic acids is 1. The molecule has 1 N–H and O–H groups in total. The highest BCUT2D eigenvalue weighted by molar-refractivity contribution is 7.22. The highest BCUT2D eigenvalue weighted by atomic mass is 32.1. The lowest BCUT2D eigenvalue weighted by Crippen LogP contribution is -2.38. The predicted octanol–water partition coefficient (Wildman–Crippen LogP) is 4.06. The summed E-state index contributed by atoms with van der Waals surface area (Å²) in [5, 5.41) is 3.88. The van der Waals surface area contributed by atoms with Gasteiger partial charge in [-0.15, -0.1) is 0 Å². The van der Waals surface area contributed by atoms with E-state index in [9.17, 15) is 9.18 Å². The fourth-order valence-electron chi connectivity index (χ4n) is 3.72. The number of ether oxygens (including phenoxy) is 2. The molecule has 6 nitrogen and oxygen atoms in total. The number of nitrogens with one attached hydrogen (secondary N) is 1. The summed E-state index contributed by atoms with van der Waals surface area (Å²) in [5.41, 5.74) is 1.53. The SMILES string of the molecule is O=C(Nc1ccc2c(c1)OCCO2)C1CCN(c2nc3ccc(F)cc3s2)CC1. The molecule has 0 unspecified atom stereocenters. The highest BCUT2D eigenvalue weighted by Crippen LogP contribution is 2.34. The lowest BCUT2D eigenvalue weighted by atomic mass is 9.96. The highest BCUT2D eigenvalue weighted by Gasteiger charge is 2.27. The minimum atomic E-state index is -0.248. The summed E-state index contributed by atoms with van der Waals surface area (Å²) in [6.45, 7) is 2.56. The average molecular weight is 413 g/mol. The maximum atomic E-state index is 13.4. The molecule has 8 heteroatoms. The number of halogens is 1. The number of rotatable bonds is 3. The van der Waals surface area contributed by atoms with E-state index in [1.807, 2.05) is 18.2 Å². The van der Waals surface area contributed by atoms with Crippen LogP contribution >= 0.6 is 11.3 Å². The molecule has 150 valence electrons. The summed E-state index contributed by atoms with van der Waals surface area (Å²) in [7, 11) is 0. The molecule has 0 bridgehead atoms. The van der Waals surface area contributed by atoms with Crippen molar-refractivity contribution in [2.75, 3.05) is 36.5 Å². The normalized spacial score (nSPS) is 16.8. The van der Waals surface area contributed by atoms with Crippen molar-refractivity contribution in [3.63, 3.8) is 0 Å². The van der Waals surface area contributed by atoms with Gasteiger partial charge in [-0.1, -0.05) is 11.3 Å². The first-order chi connectivity index (χ1) is 14.2. The zero-order valence-electron chi connectivity index (χ0n) is 15.7. The Morgan fingerprint density at radius 3 is 2.72 bits per heavy atom. The molecule has 2 aromatic carbocycles. The van der Waals surface area contributed by atoms with Gasteiger partial charge in [-0.05, 0) is 43.2 Å². The Kier molecular flexibility index (Phi) is 4.71. The molecule has 0 saturated carbocycles. The minimum absolute atomic E-state index is 0.0210. The van der Waals surface area contributed by atoms with Crippen LogP contribution in [0.25, 0.3) is 10.2 Å². The summed E-state index contributed by atoms with van der Waals surface area (Å²) >= 11 is 1.49. The lowest BCUT2D eigenvalue weighted by Gasteiger charge is -2.31. The number of aromatic nitrogens is 1. The standard InChI is InChI=1S/C21H20FN3O3S/c22-14-1-3-16-19(11-14)29-21(24-16)25-7-5-13(6-8-25)20(26)23-15-2-4-17-18(12-15)28-10-9-27-17/h1-4,11-13H,5-10H2,(H,23,26). The van der Waals surface area contributed by atoms with Gasteiger partial charge in [-0.25, -0.2) is 9.37 Å². The summed E-state index contributed by atoms with van der Waals surface area (Å²) in [4.78, 5) is 19.5. The number of piperidine rings is 1. The molecule has 1 amide bonds. The first-order valence-electron chi connectivity index (χ1n) is 9.67. The number of thiazole rings is 1. The number of amides is 1. The van der Waals surface area contributed by atoms with E-state index in [1.165, 1.54) is 23.5 Å². The van der Waals surface area contributed by atoms with E-state index in [1.54, 1.807) is 6.07 Å². The second-order valence-corrected chi connectivity index (χ2v) is 8.23. The minimum Gasteiger partial charge on any atom is -0.486 e. The number of nitrogens with zero attached hydrogens (tertiary/aromatic N) is 2. The third kappa shape index (κ3) is 3.72. The van der Waals surface area contributed by atoms with Crippen molar-refractivity contribution in [3.05, 3.63) is 42.2 Å². The topological polar surface area (TPSA) is 63.7 Å². The summed E-state index contributed by atoms with van der Waals surface area (Å²) in [6, 6.07) is 10.1. The fraction of sp³-hybridized carbons (Fsp3) is 0.333. The Labute approximate surface area is 171 Å². The molecule has 3 heterocycles. The molecule has 1 fully saturated rings. The quantitative estimate of drug-likeness (QED) is 0.702. The number of carbonyl (C=O) groups is 1. The van der Waals surface area contributed by atoms with E-state index in [-0.39, 0.29) is 17.6 Å². The van der Waals surface area contributed by atoms with Crippen molar-refractivity contribution in [1.82, 2.24) is 4.98 Å². The van der Waals surface area contributed by atoms with E-state index in [2.05, 4.69) is 15.2 Å². The molecule has 1 saturated heterocycles. The molecule has 5 rings (SSSR count). The fourth-order valence-corrected chi connectivity index (χ4v) is 4.76. The second-order valence-electron chi connectivity index (χ2n) is 7.22. The third-order valence-corrected chi connectivity index (χ3v) is 6.36. The summed E-state index contributed by atoms with van der Waals surface area (Å²) < 4.78 is 25.3. The van der Waals surface area contributed by atoms with E-state index < -0.39 is 0 Å². The van der Waals surface area contributed by atoms with Gasteiger partial charge in [0.05, 0.1) is 10.2 Å². The van der Waals surface area contributed by atoms with Gasteiger partial charge in [-0.3, -0.25) is 4.79 Å². The molecule has 0 radical (unpaired) electrons. The Hall–Kier alpha value is -2.87. The first-order valence-corrected chi connectivity index (χ1v) is 10.5. The van der Waals surface area contributed by atoms with E-state index in [0.717, 1.165) is 47.0 Å². The smallest absolute Gasteiger partial charge is 0.227 e. The molecule has 2 aliphatic rings. The molecular weight excluding hydrogens is 393 g/mol. The maximum absolute atomic E-state index is 13.4. The van der Waals surface area contributed by atoms with Crippen LogP contribution in [0.3, 0.4) is 0 Å². The molecular formula is C21H20FN3O3S. The molecule has 2 aliphatic heterocycles. The number of hydrogen-bond acceptors (Lipinski definition) is 6. The summed E-state index contributed by atoms with van der Waals surface area (Å²) in [5.74, 6) is 1.09. The van der Waals surface area contributed by atoms with Gasteiger partial charge in [0.15, 0.2) is 16.6 Å². The Morgan fingerprint density at radius 2 is 1.90 bits per heavy atom. The number of hydrogen-bond donors (Lipinski definition) is 1. The van der Waals surface area contributed by atoms with Crippen LogP contribution < -0.4 is 19.7 Å². The zero-order valence-corrected chi connectivity index (χ0v) is 16.5. The molecule has 3 aromatic rings. The van der Waals surface area contributed by atoms with Crippen LogP contribution in [0.4, 0.5) is 15.2 Å². The van der Waals surface area contributed by atoms with Crippen LogP contribution in [0.2, 0.25) is 0 Å². The largest absolute Gasteiger partial charge is 0.486 e. The van der Waals surface area contributed by atoms with Crippen LogP contribution in [-0.2, 0) is 4.79 Å². The average Bonchev–Trinajstić information content (AvgIpc) is 3.17. The van der Waals surface area contributed by atoms with Crippen LogP contribution in [0.5, 0.6) is 11.5 Å². The Balaban J connectivity index is 1.21. The van der Waals surface area contributed by atoms with Crippen LogP contribution in [0.1, 0.15) is 12.8 Å². The predicted molar refractivity (Wildman–Crippen MR) is 111 cm³/mol. The van der Waals surface area contributed by atoms with Crippen molar-refractivity contribution < 1.29 is 18.7 Å². The van der Waals surface area contributed by atoms with Gasteiger partial charge in [0.2, 0.25) is 5.91 Å². The molecule has 1 aromatic heterocycles. The lowest BCUT2D eigenvalue weighted by molar-refractivity contribution is -0.120. The van der Waals surface area contributed by atoms with Gasteiger partial charge in [0.1, 0.15) is 19.0 Å². The van der Waals surface area contributed by atoms with Crippen molar-refractivity contribution in [3.8, 4) is 11.5 Å². The van der Waals surface area contributed by atoms with Crippen molar-refractivity contribution >= 4 is 38.3 Å². The second kappa shape index (κ2) is 7.51.